The van der Waals surface area contributed by atoms with Crippen LogP contribution in [0.2, 0.25) is 0 Å². The molecule has 0 amide bonds. The van der Waals surface area contributed by atoms with Crippen molar-refractivity contribution >= 4 is 0 Å². The fourth-order valence-electron chi connectivity index (χ4n) is 2.63. The lowest BCUT2D eigenvalue weighted by Crippen LogP contribution is -2.29. The van der Waals surface area contributed by atoms with Crippen molar-refractivity contribution in [3.63, 3.8) is 0 Å². The molecule has 0 saturated carbocycles. The van der Waals surface area contributed by atoms with Gasteiger partial charge in [-0.1, -0.05) is 6.92 Å². The van der Waals surface area contributed by atoms with E-state index in [2.05, 4.69) is 9.84 Å². The molecular formula is C14H22F3N3O3. The molecule has 1 aromatic rings. The molecule has 0 radical (unpaired) electrons. The number of hydrogen-bond acceptors (Lipinski definition) is 4. The van der Waals surface area contributed by atoms with Crippen LogP contribution < -0.4 is 5.69 Å². The highest BCUT2D eigenvalue weighted by atomic mass is 19.4. The minimum absolute atomic E-state index is 0.0251. The summed E-state index contributed by atoms with van der Waals surface area (Å²) in [5, 5.41) is 4.28. The van der Waals surface area contributed by atoms with E-state index in [9.17, 15) is 18.0 Å². The Morgan fingerprint density at radius 3 is 2.65 bits per heavy atom. The Hall–Kier alpha value is -1.35. The lowest BCUT2D eigenvalue weighted by Gasteiger charge is -2.16. The van der Waals surface area contributed by atoms with Crippen molar-refractivity contribution in [2.24, 2.45) is 5.92 Å². The van der Waals surface area contributed by atoms with Crippen molar-refractivity contribution in [1.29, 1.82) is 0 Å². The number of alkyl halides is 3. The van der Waals surface area contributed by atoms with Gasteiger partial charge in [-0.2, -0.15) is 18.3 Å². The van der Waals surface area contributed by atoms with Crippen LogP contribution in [0.25, 0.3) is 0 Å². The molecular weight excluding hydrogens is 315 g/mol. The molecule has 0 N–H and O–H groups in total. The van der Waals surface area contributed by atoms with Crippen LogP contribution >= 0.6 is 0 Å². The van der Waals surface area contributed by atoms with Gasteiger partial charge in [0.15, 0.2) is 5.82 Å². The molecule has 0 unspecified atom stereocenters. The second-order valence-corrected chi connectivity index (χ2v) is 6.05. The van der Waals surface area contributed by atoms with Crippen molar-refractivity contribution in [3.8, 4) is 0 Å². The molecule has 0 bridgehead atoms. The molecule has 2 rings (SSSR count). The molecule has 2 atom stereocenters. The summed E-state index contributed by atoms with van der Waals surface area (Å²) in [4.78, 5) is 12.4. The predicted octanol–water partition coefficient (Wildman–Crippen LogP) is 2.30. The van der Waals surface area contributed by atoms with E-state index in [1.54, 1.807) is 0 Å². The maximum atomic E-state index is 12.4. The van der Waals surface area contributed by atoms with Gasteiger partial charge in [0, 0.05) is 12.6 Å². The quantitative estimate of drug-likeness (QED) is 0.748. The first-order chi connectivity index (χ1) is 10.7. The van der Waals surface area contributed by atoms with Crippen molar-refractivity contribution in [2.45, 2.75) is 52.1 Å². The monoisotopic (exact) mass is 337 g/mol. The average molecular weight is 337 g/mol. The molecule has 0 aliphatic carbocycles. The van der Waals surface area contributed by atoms with E-state index in [0.29, 0.717) is 12.4 Å². The molecule has 9 heteroatoms. The fourth-order valence-corrected chi connectivity index (χ4v) is 2.63. The molecule has 23 heavy (non-hydrogen) atoms. The summed E-state index contributed by atoms with van der Waals surface area (Å²) in [6, 6.07) is -0.112. The predicted molar refractivity (Wildman–Crippen MR) is 76.2 cm³/mol. The van der Waals surface area contributed by atoms with Gasteiger partial charge < -0.3 is 9.47 Å². The van der Waals surface area contributed by atoms with Gasteiger partial charge in [-0.05, 0) is 26.2 Å². The highest BCUT2D eigenvalue weighted by molar-refractivity contribution is 4.99. The van der Waals surface area contributed by atoms with Gasteiger partial charge in [-0.25, -0.2) is 9.48 Å². The summed E-state index contributed by atoms with van der Waals surface area (Å²) in [7, 11) is 0. The van der Waals surface area contributed by atoms with Crippen molar-refractivity contribution in [2.75, 3.05) is 19.8 Å². The second kappa shape index (κ2) is 7.04. The van der Waals surface area contributed by atoms with E-state index in [4.69, 9.17) is 4.74 Å². The molecule has 1 aliphatic heterocycles. The highest BCUT2D eigenvalue weighted by Gasteiger charge is 2.32. The molecule has 132 valence electrons. The van der Waals surface area contributed by atoms with Gasteiger partial charge in [-0.3, -0.25) is 4.57 Å². The van der Waals surface area contributed by atoms with Crippen molar-refractivity contribution in [1.82, 2.24) is 14.3 Å². The van der Waals surface area contributed by atoms with Crippen LogP contribution in [0.5, 0.6) is 0 Å². The third kappa shape index (κ3) is 4.35. The average Bonchev–Trinajstić information content (AvgIpc) is 2.97. The normalized spacial score (nSPS) is 22.2. The molecule has 2 heterocycles. The summed E-state index contributed by atoms with van der Waals surface area (Å²) >= 11 is 0. The van der Waals surface area contributed by atoms with Crippen LogP contribution in [0.1, 0.15) is 45.2 Å². The van der Waals surface area contributed by atoms with Crippen LogP contribution in [0.15, 0.2) is 4.79 Å². The number of halogens is 3. The van der Waals surface area contributed by atoms with E-state index in [-0.39, 0.29) is 36.9 Å². The Morgan fingerprint density at radius 2 is 2.13 bits per heavy atom. The first-order valence-electron chi connectivity index (χ1n) is 7.66. The van der Waals surface area contributed by atoms with Crippen LogP contribution in [0.4, 0.5) is 13.2 Å². The maximum Gasteiger partial charge on any atom is 0.411 e. The molecule has 0 aromatic carbocycles. The maximum absolute atomic E-state index is 12.4. The van der Waals surface area contributed by atoms with Gasteiger partial charge in [-0.15, -0.1) is 0 Å². The minimum atomic E-state index is -4.37. The smallest absolute Gasteiger partial charge is 0.370 e. The fraction of sp³-hybridized carbons (Fsp3) is 0.857. The molecule has 1 aliphatic rings. The second-order valence-electron chi connectivity index (χ2n) is 6.05. The highest BCUT2D eigenvalue weighted by Crippen LogP contribution is 2.33. The van der Waals surface area contributed by atoms with Crippen molar-refractivity contribution in [3.05, 3.63) is 16.3 Å². The summed E-state index contributed by atoms with van der Waals surface area (Å²) in [6.07, 6.45) is -3.75. The molecule has 1 saturated heterocycles. The van der Waals surface area contributed by atoms with Gasteiger partial charge in [0.25, 0.3) is 0 Å². The lowest BCUT2D eigenvalue weighted by atomic mass is 10.0. The standard InChI is InChI=1S/C14H22F3N3O3/c1-9(2)20-12(11-10(3)4-6-23-11)18-19(13(20)21)5-7-22-8-14(15,16)17/h9-11H,4-8H2,1-3H3/t10-,11+/m1/s1. The van der Waals surface area contributed by atoms with Gasteiger partial charge in [0.05, 0.1) is 13.2 Å². The van der Waals surface area contributed by atoms with Crippen LogP contribution in [-0.2, 0) is 16.0 Å². The zero-order chi connectivity index (χ0) is 17.2. The Kier molecular flexibility index (Phi) is 5.51. The first-order valence-corrected chi connectivity index (χ1v) is 7.66. The summed E-state index contributed by atoms with van der Waals surface area (Å²) < 4.78 is 49.1. The van der Waals surface area contributed by atoms with E-state index < -0.39 is 12.8 Å². The third-order valence-corrected chi connectivity index (χ3v) is 3.77. The molecule has 1 fully saturated rings. The molecule has 0 spiro atoms. The van der Waals surface area contributed by atoms with E-state index in [0.717, 1.165) is 11.1 Å². The Morgan fingerprint density at radius 1 is 1.43 bits per heavy atom. The van der Waals surface area contributed by atoms with Crippen molar-refractivity contribution < 1.29 is 22.6 Å². The third-order valence-electron chi connectivity index (χ3n) is 3.77. The number of aromatic nitrogens is 3. The number of ether oxygens (including phenoxy) is 2. The summed E-state index contributed by atoms with van der Waals surface area (Å²) in [6.45, 7) is 4.77. The number of hydrogen-bond donors (Lipinski definition) is 0. The Balaban J connectivity index is 2.13. The van der Waals surface area contributed by atoms with Gasteiger partial charge >= 0.3 is 11.9 Å². The Labute approximate surface area is 132 Å². The van der Waals surface area contributed by atoms with E-state index >= 15 is 0 Å². The lowest BCUT2D eigenvalue weighted by molar-refractivity contribution is -0.174. The van der Waals surface area contributed by atoms with Gasteiger partial charge in [0.1, 0.15) is 12.7 Å². The van der Waals surface area contributed by atoms with E-state index in [1.165, 1.54) is 4.57 Å². The van der Waals surface area contributed by atoms with Crippen LogP contribution in [0, 0.1) is 5.92 Å². The van der Waals surface area contributed by atoms with Crippen LogP contribution in [-0.4, -0.2) is 40.3 Å². The SMILES string of the molecule is CC(C)n1c([C@H]2OCC[C@H]2C)nn(CCOCC(F)(F)F)c1=O. The minimum Gasteiger partial charge on any atom is -0.370 e. The summed E-state index contributed by atoms with van der Waals surface area (Å²) in [5.41, 5.74) is -0.353. The zero-order valence-corrected chi connectivity index (χ0v) is 13.5. The van der Waals surface area contributed by atoms with Crippen LogP contribution in [0.3, 0.4) is 0 Å². The molecule has 1 aromatic heterocycles. The zero-order valence-electron chi connectivity index (χ0n) is 13.5. The number of rotatable bonds is 6. The summed E-state index contributed by atoms with van der Waals surface area (Å²) in [5.74, 6) is 0.773. The number of nitrogens with zero attached hydrogens (tertiary/aromatic N) is 3. The molecule has 6 nitrogen and oxygen atoms in total. The first kappa shape index (κ1) is 18.0. The largest absolute Gasteiger partial charge is 0.411 e. The Bertz CT molecular complexity index is 580. The topological polar surface area (TPSA) is 58.3 Å². The van der Waals surface area contributed by atoms with E-state index in [1.807, 2.05) is 20.8 Å². The van der Waals surface area contributed by atoms with Gasteiger partial charge in [0.2, 0.25) is 0 Å².